The van der Waals surface area contributed by atoms with E-state index < -0.39 is 0 Å². The monoisotopic (exact) mass is 404 g/mol. The summed E-state index contributed by atoms with van der Waals surface area (Å²) in [5.74, 6) is 1.76. The van der Waals surface area contributed by atoms with Crippen LogP contribution >= 0.6 is 12.4 Å². The average molecular weight is 405 g/mol. The van der Waals surface area contributed by atoms with E-state index in [1.807, 2.05) is 60.4 Å². The summed E-state index contributed by atoms with van der Waals surface area (Å²) in [6.07, 6.45) is 0.801. The molecule has 0 bridgehead atoms. The highest BCUT2D eigenvalue weighted by Crippen LogP contribution is 2.34. The Morgan fingerprint density at radius 3 is 2.36 bits per heavy atom. The minimum atomic E-state index is -0.106. The van der Waals surface area contributed by atoms with Crippen molar-refractivity contribution in [2.75, 3.05) is 19.7 Å². The van der Waals surface area contributed by atoms with E-state index in [1.54, 1.807) is 0 Å². The summed E-state index contributed by atoms with van der Waals surface area (Å²) in [5.41, 5.74) is 6.66. The third kappa shape index (κ3) is 4.78. The molecule has 0 saturated carbocycles. The highest BCUT2D eigenvalue weighted by molar-refractivity contribution is 5.97. The summed E-state index contributed by atoms with van der Waals surface area (Å²) in [6.45, 7) is 7.99. The summed E-state index contributed by atoms with van der Waals surface area (Å²) in [7, 11) is 0. The average Bonchev–Trinajstić information content (AvgIpc) is 2.65. The van der Waals surface area contributed by atoms with Gasteiger partial charge in [-0.3, -0.25) is 4.79 Å². The SMILES string of the molecule is CCOc1ccccc1Oc1ccccc1C(=O)N1CCC(N)C(C)(C)C1.Cl. The van der Waals surface area contributed by atoms with Crippen molar-refractivity contribution in [2.24, 2.45) is 11.1 Å². The summed E-state index contributed by atoms with van der Waals surface area (Å²) in [4.78, 5) is 15.1. The van der Waals surface area contributed by atoms with Gasteiger partial charge in [-0.15, -0.1) is 12.4 Å². The first-order chi connectivity index (χ1) is 12.9. The van der Waals surface area contributed by atoms with Crippen LogP contribution in [0.4, 0.5) is 0 Å². The number of carbonyl (C=O) groups is 1. The zero-order chi connectivity index (χ0) is 19.4. The van der Waals surface area contributed by atoms with Crippen molar-refractivity contribution in [3.8, 4) is 17.2 Å². The molecule has 2 aromatic carbocycles. The van der Waals surface area contributed by atoms with Crippen LogP contribution in [0.25, 0.3) is 0 Å². The number of hydrogen-bond acceptors (Lipinski definition) is 4. The lowest BCUT2D eigenvalue weighted by Gasteiger charge is -2.42. The van der Waals surface area contributed by atoms with Crippen molar-refractivity contribution in [2.45, 2.75) is 33.2 Å². The number of hydrogen-bond donors (Lipinski definition) is 1. The van der Waals surface area contributed by atoms with E-state index in [4.69, 9.17) is 15.2 Å². The Labute approximate surface area is 173 Å². The van der Waals surface area contributed by atoms with Crippen LogP contribution < -0.4 is 15.2 Å². The van der Waals surface area contributed by atoms with E-state index in [-0.39, 0.29) is 29.8 Å². The second kappa shape index (κ2) is 9.30. The topological polar surface area (TPSA) is 64.8 Å². The molecule has 1 atom stereocenters. The third-order valence-electron chi connectivity index (χ3n) is 5.09. The molecule has 1 heterocycles. The second-order valence-corrected chi connectivity index (χ2v) is 7.59. The number of nitrogens with two attached hydrogens (primary N) is 1. The van der Waals surface area contributed by atoms with Crippen molar-refractivity contribution >= 4 is 18.3 Å². The van der Waals surface area contributed by atoms with Gasteiger partial charge in [0.05, 0.1) is 12.2 Å². The van der Waals surface area contributed by atoms with Gasteiger partial charge >= 0.3 is 0 Å². The maximum Gasteiger partial charge on any atom is 0.257 e. The molecule has 1 amide bonds. The number of piperidine rings is 1. The normalized spacial score (nSPS) is 18.1. The molecule has 28 heavy (non-hydrogen) atoms. The fraction of sp³-hybridized carbons (Fsp3) is 0.409. The molecular formula is C22H29ClN2O3. The van der Waals surface area contributed by atoms with Crippen LogP contribution in [0.15, 0.2) is 48.5 Å². The molecule has 2 aromatic rings. The summed E-state index contributed by atoms with van der Waals surface area (Å²) < 4.78 is 11.7. The Bertz CT molecular complexity index is 810. The Morgan fingerprint density at radius 2 is 1.71 bits per heavy atom. The van der Waals surface area contributed by atoms with Crippen molar-refractivity contribution in [3.05, 3.63) is 54.1 Å². The molecule has 3 rings (SSSR count). The van der Waals surface area contributed by atoms with E-state index in [0.717, 1.165) is 6.42 Å². The Morgan fingerprint density at radius 1 is 1.11 bits per heavy atom. The van der Waals surface area contributed by atoms with Gasteiger partial charge in [0.15, 0.2) is 11.5 Å². The molecule has 0 spiro atoms. The molecule has 5 nitrogen and oxygen atoms in total. The van der Waals surface area contributed by atoms with Crippen LogP contribution in [-0.2, 0) is 0 Å². The molecule has 2 N–H and O–H groups in total. The van der Waals surface area contributed by atoms with Crippen LogP contribution in [0.3, 0.4) is 0 Å². The van der Waals surface area contributed by atoms with E-state index >= 15 is 0 Å². The van der Waals surface area contributed by atoms with Gasteiger partial charge in [0.25, 0.3) is 5.91 Å². The van der Waals surface area contributed by atoms with E-state index in [1.165, 1.54) is 0 Å². The number of ether oxygens (including phenoxy) is 2. The van der Waals surface area contributed by atoms with Gasteiger partial charge in [-0.05, 0) is 43.0 Å². The maximum atomic E-state index is 13.2. The lowest BCUT2D eigenvalue weighted by molar-refractivity contribution is 0.0530. The molecule has 1 fully saturated rings. The van der Waals surface area contributed by atoms with Gasteiger partial charge in [-0.25, -0.2) is 0 Å². The molecule has 152 valence electrons. The Balaban J connectivity index is 0.00000280. The largest absolute Gasteiger partial charge is 0.490 e. The minimum absolute atomic E-state index is 0. The number of halogens is 1. The first-order valence-corrected chi connectivity index (χ1v) is 9.46. The molecule has 1 unspecified atom stereocenters. The molecular weight excluding hydrogens is 376 g/mol. The van der Waals surface area contributed by atoms with Gasteiger partial charge in [-0.2, -0.15) is 0 Å². The molecule has 0 aliphatic carbocycles. The summed E-state index contributed by atoms with van der Waals surface area (Å²) in [5, 5.41) is 0. The van der Waals surface area contributed by atoms with E-state index in [2.05, 4.69) is 13.8 Å². The van der Waals surface area contributed by atoms with Crippen LogP contribution in [0.2, 0.25) is 0 Å². The van der Waals surface area contributed by atoms with Gasteiger partial charge < -0.3 is 20.1 Å². The van der Waals surface area contributed by atoms with Crippen molar-refractivity contribution < 1.29 is 14.3 Å². The van der Waals surface area contributed by atoms with Crippen molar-refractivity contribution in [1.82, 2.24) is 4.90 Å². The predicted molar refractivity (Wildman–Crippen MR) is 114 cm³/mol. The van der Waals surface area contributed by atoms with Crippen molar-refractivity contribution in [1.29, 1.82) is 0 Å². The number of nitrogens with zero attached hydrogens (tertiary/aromatic N) is 1. The zero-order valence-electron chi connectivity index (χ0n) is 16.7. The van der Waals surface area contributed by atoms with Gasteiger partial charge in [0.1, 0.15) is 5.75 Å². The Hall–Kier alpha value is -2.24. The van der Waals surface area contributed by atoms with Crippen LogP contribution in [0.1, 0.15) is 37.6 Å². The lowest BCUT2D eigenvalue weighted by atomic mass is 9.79. The highest BCUT2D eigenvalue weighted by Gasteiger charge is 2.36. The molecule has 6 heteroatoms. The van der Waals surface area contributed by atoms with Crippen LogP contribution in [-0.4, -0.2) is 36.5 Å². The molecule has 1 aliphatic rings. The molecule has 0 radical (unpaired) electrons. The molecule has 1 saturated heterocycles. The second-order valence-electron chi connectivity index (χ2n) is 7.59. The fourth-order valence-corrected chi connectivity index (χ4v) is 3.38. The van der Waals surface area contributed by atoms with Crippen molar-refractivity contribution in [3.63, 3.8) is 0 Å². The zero-order valence-corrected chi connectivity index (χ0v) is 17.5. The molecule has 1 aliphatic heterocycles. The number of rotatable bonds is 5. The maximum absolute atomic E-state index is 13.2. The first-order valence-electron chi connectivity index (χ1n) is 9.46. The van der Waals surface area contributed by atoms with E-state index in [9.17, 15) is 4.79 Å². The number of para-hydroxylation sites is 3. The van der Waals surface area contributed by atoms with Gasteiger partial charge in [-0.1, -0.05) is 38.1 Å². The van der Waals surface area contributed by atoms with E-state index in [0.29, 0.717) is 42.5 Å². The number of amides is 1. The van der Waals surface area contributed by atoms with Gasteiger partial charge in [0, 0.05) is 19.1 Å². The lowest BCUT2D eigenvalue weighted by Crippen LogP contribution is -2.54. The smallest absolute Gasteiger partial charge is 0.257 e. The molecule has 0 aromatic heterocycles. The van der Waals surface area contributed by atoms with Crippen LogP contribution in [0.5, 0.6) is 17.2 Å². The summed E-state index contributed by atoms with van der Waals surface area (Å²) >= 11 is 0. The quantitative estimate of drug-likeness (QED) is 0.796. The number of benzene rings is 2. The minimum Gasteiger partial charge on any atom is -0.490 e. The standard InChI is InChI=1S/C22H28N2O3.ClH/c1-4-26-18-11-7-8-12-19(18)27-17-10-6-5-9-16(17)21(25)24-14-13-20(23)22(2,3)15-24;/h5-12,20H,4,13-15,23H2,1-3H3;1H. The van der Waals surface area contributed by atoms with Gasteiger partial charge in [0.2, 0.25) is 0 Å². The predicted octanol–water partition coefficient (Wildman–Crippen LogP) is 4.50. The first kappa shape index (κ1) is 22.1. The highest BCUT2D eigenvalue weighted by atomic mass is 35.5. The summed E-state index contributed by atoms with van der Waals surface area (Å²) in [6, 6.07) is 14.9. The Kier molecular flexibility index (Phi) is 7.33. The fourth-order valence-electron chi connectivity index (χ4n) is 3.38. The number of carbonyl (C=O) groups excluding carboxylic acids is 1. The van der Waals surface area contributed by atoms with Crippen LogP contribution in [0, 0.1) is 5.41 Å². The third-order valence-corrected chi connectivity index (χ3v) is 5.09. The number of likely N-dealkylation sites (tertiary alicyclic amines) is 1.